The number of aliphatic hydroxyl groups excluding tert-OH is 1. The molecule has 134 valence electrons. The summed E-state index contributed by atoms with van der Waals surface area (Å²) in [4.78, 5) is 11.9. The quantitative estimate of drug-likeness (QED) is 0.765. The van der Waals surface area contributed by atoms with Crippen LogP contribution in [-0.4, -0.2) is 34.0 Å². The second kappa shape index (κ2) is 7.14. The molecule has 2 aliphatic rings. The zero-order valence-electron chi connectivity index (χ0n) is 14.3. The van der Waals surface area contributed by atoms with E-state index in [1.165, 1.54) is 30.3 Å². The molecule has 1 heterocycles. The standard InChI is InChI=1S/C19H25N3O3/c23-16(11-20-10-15-9-17(15)13-7-4-8-13)12-22-18(21-25-19(22)24)14-5-2-1-3-6-14/h1-3,5-6,13,15-17,20,23H,4,7-12H2/t15-,16?,17-/m0/s1. The van der Waals surface area contributed by atoms with Crippen LogP contribution in [0.5, 0.6) is 0 Å². The Labute approximate surface area is 146 Å². The molecule has 2 fully saturated rings. The third-order valence-corrected chi connectivity index (χ3v) is 5.63. The van der Waals surface area contributed by atoms with Gasteiger partial charge in [-0.2, -0.15) is 0 Å². The molecule has 0 bridgehead atoms. The van der Waals surface area contributed by atoms with E-state index in [0.29, 0.717) is 12.4 Å². The van der Waals surface area contributed by atoms with Gasteiger partial charge in [0.25, 0.3) is 0 Å². The smallest absolute Gasteiger partial charge is 0.390 e. The maximum absolute atomic E-state index is 11.9. The predicted octanol–water partition coefficient (Wildman–Crippen LogP) is 1.89. The lowest BCUT2D eigenvalue weighted by Crippen LogP contribution is -2.34. The van der Waals surface area contributed by atoms with E-state index in [1.807, 2.05) is 30.3 Å². The molecular weight excluding hydrogens is 318 g/mol. The minimum absolute atomic E-state index is 0.177. The van der Waals surface area contributed by atoms with Crippen molar-refractivity contribution in [1.29, 1.82) is 0 Å². The van der Waals surface area contributed by atoms with Gasteiger partial charge in [-0.3, -0.25) is 9.09 Å². The zero-order chi connectivity index (χ0) is 17.2. The number of nitrogens with one attached hydrogen (secondary N) is 1. The van der Waals surface area contributed by atoms with Gasteiger partial charge in [0, 0.05) is 12.1 Å². The van der Waals surface area contributed by atoms with Crippen molar-refractivity contribution in [2.45, 2.75) is 38.3 Å². The number of nitrogens with zero attached hydrogens (tertiary/aromatic N) is 2. The van der Waals surface area contributed by atoms with Crippen molar-refractivity contribution in [3.05, 3.63) is 40.9 Å². The Morgan fingerprint density at radius 1 is 1.32 bits per heavy atom. The van der Waals surface area contributed by atoms with Crippen molar-refractivity contribution < 1.29 is 9.63 Å². The molecule has 0 spiro atoms. The summed E-state index contributed by atoms with van der Waals surface area (Å²) in [5.74, 6) is 2.56. The Balaban J connectivity index is 1.29. The van der Waals surface area contributed by atoms with Crippen LogP contribution in [0.25, 0.3) is 11.4 Å². The van der Waals surface area contributed by atoms with E-state index in [9.17, 15) is 9.90 Å². The second-order valence-corrected chi connectivity index (χ2v) is 7.41. The molecule has 1 aromatic carbocycles. The fourth-order valence-electron chi connectivity index (χ4n) is 3.89. The van der Waals surface area contributed by atoms with Crippen LogP contribution in [0.3, 0.4) is 0 Å². The Morgan fingerprint density at radius 2 is 2.12 bits per heavy atom. The van der Waals surface area contributed by atoms with Crippen molar-refractivity contribution in [2.24, 2.45) is 17.8 Å². The molecular formula is C19H25N3O3. The highest BCUT2D eigenvalue weighted by Crippen LogP contribution is 2.51. The summed E-state index contributed by atoms with van der Waals surface area (Å²) in [7, 11) is 0. The lowest BCUT2D eigenvalue weighted by atomic mass is 9.81. The van der Waals surface area contributed by atoms with E-state index < -0.39 is 11.9 Å². The lowest BCUT2D eigenvalue weighted by Gasteiger charge is -2.25. The molecule has 1 aromatic heterocycles. The average Bonchev–Trinajstić information content (AvgIpc) is 3.22. The number of aliphatic hydroxyl groups is 1. The summed E-state index contributed by atoms with van der Waals surface area (Å²) < 4.78 is 6.19. The van der Waals surface area contributed by atoms with E-state index in [0.717, 1.165) is 29.9 Å². The first-order chi connectivity index (χ1) is 12.2. The first-order valence-electron chi connectivity index (χ1n) is 9.23. The van der Waals surface area contributed by atoms with E-state index in [4.69, 9.17) is 4.52 Å². The van der Waals surface area contributed by atoms with Gasteiger partial charge in [0.2, 0.25) is 0 Å². The molecule has 2 N–H and O–H groups in total. The van der Waals surface area contributed by atoms with Crippen LogP contribution >= 0.6 is 0 Å². The van der Waals surface area contributed by atoms with Gasteiger partial charge in [0.1, 0.15) is 0 Å². The Hall–Kier alpha value is -1.92. The highest BCUT2D eigenvalue weighted by atomic mass is 16.5. The van der Waals surface area contributed by atoms with E-state index in [-0.39, 0.29) is 6.54 Å². The number of rotatable bonds is 8. The van der Waals surface area contributed by atoms with Gasteiger partial charge >= 0.3 is 5.76 Å². The maximum Gasteiger partial charge on any atom is 0.441 e. The van der Waals surface area contributed by atoms with E-state index in [2.05, 4.69) is 10.5 Å². The summed E-state index contributed by atoms with van der Waals surface area (Å²) in [6, 6.07) is 9.40. The largest absolute Gasteiger partial charge is 0.441 e. The Kier molecular flexibility index (Phi) is 4.72. The summed E-state index contributed by atoms with van der Waals surface area (Å²) >= 11 is 0. The van der Waals surface area contributed by atoms with Crippen LogP contribution in [0.15, 0.2) is 39.6 Å². The molecule has 2 aliphatic carbocycles. The fourth-order valence-corrected chi connectivity index (χ4v) is 3.89. The Morgan fingerprint density at radius 3 is 2.84 bits per heavy atom. The molecule has 0 amide bonds. The molecule has 3 atom stereocenters. The fraction of sp³-hybridized carbons (Fsp3) is 0.579. The first kappa shape index (κ1) is 16.5. The minimum Gasteiger partial charge on any atom is -0.390 e. The maximum atomic E-state index is 11.9. The van der Waals surface area contributed by atoms with Gasteiger partial charge in [-0.1, -0.05) is 54.8 Å². The Bertz CT molecular complexity index is 751. The SMILES string of the molecule is O=c1onc(-c2ccccc2)n1CC(O)CNC[C@@H]1C[C@H]1C1CCC1. The summed E-state index contributed by atoms with van der Waals surface area (Å²) in [5.41, 5.74) is 0.801. The van der Waals surface area contributed by atoms with Crippen LogP contribution in [0.2, 0.25) is 0 Å². The van der Waals surface area contributed by atoms with Crippen molar-refractivity contribution in [3.8, 4) is 11.4 Å². The number of hydrogen-bond acceptors (Lipinski definition) is 5. The molecule has 2 aromatic rings. The molecule has 1 unspecified atom stereocenters. The van der Waals surface area contributed by atoms with Gasteiger partial charge in [-0.25, -0.2) is 4.79 Å². The molecule has 6 nitrogen and oxygen atoms in total. The molecule has 0 saturated heterocycles. The molecule has 2 saturated carbocycles. The van der Waals surface area contributed by atoms with Gasteiger partial charge < -0.3 is 10.4 Å². The lowest BCUT2D eigenvalue weighted by molar-refractivity contribution is 0.148. The van der Waals surface area contributed by atoms with E-state index in [1.54, 1.807) is 0 Å². The van der Waals surface area contributed by atoms with Crippen LogP contribution in [-0.2, 0) is 6.54 Å². The molecule has 0 aliphatic heterocycles. The van der Waals surface area contributed by atoms with E-state index >= 15 is 0 Å². The average molecular weight is 343 g/mol. The normalized spacial score (nSPS) is 24.0. The highest BCUT2D eigenvalue weighted by Gasteiger charge is 2.44. The second-order valence-electron chi connectivity index (χ2n) is 7.41. The van der Waals surface area contributed by atoms with Crippen LogP contribution in [0, 0.1) is 17.8 Å². The third-order valence-electron chi connectivity index (χ3n) is 5.63. The van der Waals surface area contributed by atoms with Crippen LogP contribution in [0.1, 0.15) is 25.7 Å². The van der Waals surface area contributed by atoms with Crippen molar-refractivity contribution in [3.63, 3.8) is 0 Å². The number of benzene rings is 1. The molecule has 6 heteroatoms. The number of hydrogen-bond donors (Lipinski definition) is 2. The summed E-state index contributed by atoms with van der Waals surface area (Å²) in [6.07, 6.45) is 4.89. The highest BCUT2D eigenvalue weighted by molar-refractivity contribution is 5.54. The third kappa shape index (κ3) is 3.70. The van der Waals surface area contributed by atoms with Gasteiger partial charge in [-0.15, -0.1) is 0 Å². The number of aromatic nitrogens is 2. The molecule has 0 radical (unpaired) electrons. The summed E-state index contributed by atoms with van der Waals surface area (Å²) in [5, 5.41) is 17.5. The van der Waals surface area contributed by atoms with Crippen molar-refractivity contribution >= 4 is 0 Å². The molecule has 4 rings (SSSR count). The van der Waals surface area contributed by atoms with Crippen LogP contribution in [0.4, 0.5) is 0 Å². The zero-order valence-corrected chi connectivity index (χ0v) is 14.3. The topological polar surface area (TPSA) is 80.3 Å². The van der Waals surface area contributed by atoms with Crippen molar-refractivity contribution in [2.75, 3.05) is 13.1 Å². The van der Waals surface area contributed by atoms with Crippen LogP contribution < -0.4 is 11.1 Å². The molecule has 25 heavy (non-hydrogen) atoms. The monoisotopic (exact) mass is 343 g/mol. The van der Waals surface area contributed by atoms with Gasteiger partial charge in [0.05, 0.1) is 12.6 Å². The van der Waals surface area contributed by atoms with Crippen molar-refractivity contribution in [1.82, 2.24) is 15.0 Å². The summed E-state index contributed by atoms with van der Waals surface area (Å²) in [6.45, 7) is 1.61. The first-order valence-corrected chi connectivity index (χ1v) is 9.23. The minimum atomic E-state index is -0.652. The predicted molar refractivity (Wildman–Crippen MR) is 94.0 cm³/mol. The van der Waals surface area contributed by atoms with Gasteiger partial charge in [0.15, 0.2) is 5.82 Å². The van der Waals surface area contributed by atoms with Gasteiger partial charge in [-0.05, 0) is 30.7 Å².